The summed E-state index contributed by atoms with van der Waals surface area (Å²) in [6, 6.07) is 7.39. The predicted molar refractivity (Wildman–Crippen MR) is 116 cm³/mol. The van der Waals surface area contributed by atoms with Crippen LogP contribution in [-0.2, 0) is 11.2 Å². The van der Waals surface area contributed by atoms with Gasteiger partial charge < -0.3 is 9.88 Å². The largest absolute Gasteiger partial charge is 0.361 e. The van der Waals surface area contributed by atoms with Crippen LogP contribution in [-0.4, -0.2) is 52.4 Å². The van der Waals surface area contributed by atoms with Crippen molar-refractivity contribution in [2.24, 2.45) is 5.92 Å². The summed E-state index contributed by atoms with van der Waals surface area (Å²) in [5.41, 5.74) is 5.22. The van der Waals surface area contributed by atoms with Crippen LogP contribution in [0.3, 0.4) is 0 Å². The molecule has 1 aliphatic heterocycles. The first-order valence-electron chi connectivity index (χ1n) is 10.8. The van der Waals surface area contributed by atoms with Gasteiger partial charge in [0.05, 0.1) is 5.92 Å². The summed E-state index contributed by atoms with van der Waals surface area (Å²) >= 11 is 0. The van der Waals surface area contributed by atoms with Crippen LogP contribution in [0.2, 0.25) is 0 Å². The number of likely N-dealkylation sites (N-methyl/N-ethyl adjacent to an activating group) is 1. The highest BCUT2D eigenvalue weighted by molar-refractivity contribution is 5.99. The molecule has 2 heterocycles. The third-order valence-corrected chi connectivity index (χ3v) is 6.97. The molecule has 1 N–H and O–H groups in total. The number of carbonyl (C=O) groups is 1. The highest BCUT2D eigenvalue weighted by atomic mass is 16.2. The molecular weight excluding hydrogens is 346 g/mol. The van der Waals surface area contributed by atoms with E-state index in [4.69, 9.17) is 0 Å². The molecule has 4 atom stereocenters. The third kappa shape index (κ3) is 2.98. The lowest BCUT2D eigenvalue weighted by atomic mass is 9.79. The molecule has 0 saturated carbocycles. The Morgan fingerprint density at radius 2 is 1.96 bits per heavy atom. The van der Waals surface area contributed by atoms with E-state index in [0.717, 1.165) is 25.8 Å². The van der Waals surface area contributed by atoms with Gasteiger partial charge in [0.2, 0.25) is 5.91 Å². The summed E-state index contributed by atoms with van der Waals surface area (Å²) in [4.78, 5) is 21.6. The Kier molecular flexibility index (Phi) is 5.09. The number of nitrogens with one attached hydrogen (secondary N) is 1. The molecule has 0 fully saturated rings. The van der Waals surface area contributed by atoms with Crippen molar-refractivity contribution < 1.29 is 4.79 Å². The monoisotopic (exact) mass is 379 g/mol. The first kappa shape index (κ1) is 19.3. The fourth-order valence-corrected chi connectivity index (χ4v) is 5.06. The Morgan fingerprint density at radius 3 is 2.64 bits per heavy atom. The van der Waals surface area contributed by atoms with Gasteiger partial charge in [-0.1, -0.05) is 32.1 Å². The number of hydrogen-bond acceptors (Lipinski definition) is 2. The van der Waals surface area contributed by atoms with E-state index >= 15 is 0 Å². The standard InChI is InChI=1S/C24H33N3O/c1-6-15(3)27(16(4)7-2)24(28)18-11-20-19-9-8-10-21-23(19)17(13-25-21)12-22(20)26(5)14-18/h8-11,13,15-16,18,22,25H,6-7,12,14H2,1-5H3/t15-,16-,18-,22-/m1/s1. The van der Waals surface area contributed by atoms with Crippen molar-refractivity contribution in [3.05, 3.63) is 41.6 Å². The van der Waals surface area contributed by atoms with E-state index in [1.807, 2.05) is 0 Å². The van der Waals surface area contributed by atoms with Gasteiger partial charge in [-0.2, -0.15) is 0 Å². The Bertz CT molecular complexity index is 902. The molecule has 1 amide bonds. The molecule has 4 nitrogen and oxygen atoms in total. The maximum absolute atomic E-state index is 13.6. The van der Waals surface area contributed by atoms with Crippen LogP contribution in [0.5, 0.6) is 0 Å². The molecule has 150 valence electrons. The lowest BCUT2D eigenvalue weighted by Gasteiger charge is -2.42. The minimum Gasteiger partial charge on any atom is -0.361 e. The van der Waals surface area contributed by atoms with Crippen LogP contribution >= 0.6 is 0 Å². The van der Waals surface area contributed by atoms with Crippen LogP contribution in [0.4, 0.5) is 0 Å². The van der Waals surface area contributed by atoms with Gasteiger partial charge >= 0.3 is 0 Å². The number of carbonyl (C=O) groups excluding carboxylic acids is 1. The third-order valence-electron chi connectivity index (χ3n) is 6.97. The number of nitrogens with zero attached hydrogens (tertiary/aromatic N) is 2. The van der Waals surface area contributed by atoms with Gasteiger partial charge in [-0.15, -0.1) is 0 Å². The molecule has 28 heavy (non-hydrogen) atoms. The summed E-state index contributed by atoms with van der Waals surface area (Å²) < 4.78 is 0. The zero-order chi connectivity index (χ0) is 20.0. The molecule has 0 bridgehead atoms. The van der Waals surface area contributed by atoms with Crippen molar-refractivity contribution in [2.75, 3.05) is 13.6 Å². The smallest absolute Gasteiger partial charge is 0.231 e. The molecule has 1 aromatic heterocycles. The summed E-state index contributed by atoms with van der Waals surface area (Å²) in [6.45, 7) is 9.50. The van der Waals surface area contributed by atoms with E-state index in [-0.39, 0.29) is 23.9 Å². The van der Waals surface area contributed by atoms with Crippen molar-refractivity contribution in [1.82, 2.24) is 14.8 Å². The number of H-pyrrole nitrogens is 1. The van der Waals surface area contributed by atoms with Crippen LogP contribution in [0, 0.1) is 5.92 Å². The molecule has 0 radical (unpaired) electrons. The minimum absolute atomic E-state index is 0.0741. The Hall–Kier alpha value is -2.07. The molecule has 0 spiro atoms. The molecule has 1 aromatic carbocycles. The Balaban J connectivity index is 1.75. The van der Waals surface area contributed by atoms with Crippen LogP contribution in [0.15, 0.2) is 30.5 Å². The van der Waals surface area contributed by atoms with Gasteiger partial charge in [-0.05, 0) is 62.9 Å². The molecule has 2 aromatic rings. The normalized spacial score (nSPS) is 23.8. The predicted octanol–water partition coefficient (Wildman–Crippen LogP) is 4.46. The maximum atomic E-state index is 13.6. The van der Waals surface area contributed by atoms with Gasteiger partial charge in [0, 0.05) is 41.8 Å². The number of aromatic amines is 1. The molecule has 0 unspecified atom stereocenters. The van der Waals surface area contributed by atoms with E-state index in [2.05, 4.69) is 80.0 Å². The highest BCUT2D eigenvalue weighted by Gasteiger charge is 2.38. The van der Waals surface area contributed by atoms with Crippen LogP contribution in [0.1, 0.15) is 51.7 Å². The molecule has 2 aliphatic rings. The second kappa shape index (κ2) is 7.40. The number of fused-ring (bicyclic) bond motifs is 2. The molecule has 4 heteroatoms. The van der Waals surface area contributed by atoms with E-state index in [0.29, 0.717) is 6.04 Å². The lowest BCUT2D eigenvalue weighted by Crippen LogP contribution is -2.51. The number of benzene rings is 1. The van der Waals surface area contributed by atoms with Crippen LogP contribution in [0.25, 0.3) is 16.5 Å². The second-order valence-electron chi connectivity index (χ2n) is 8.69. The maximum Gasteiger partial charge on any atom is 0.231 e. The van der Waals surface area contributed by atoms with E-state index in [9.17, 15) is 4.79 Å². The van der Waals surface area contributed by atoms with Crippen LogP contribution < -0.4 is 0 Å². The zero-order valence-electron chi connectivity index (χ0n) is 17.8. The van der Waals surface area contributed by atoms with Gasteiger partial charge in [-0.25, -0.2) is 0 Å². The van der Waals surface area contributed by atoms with Gasteiger partial charge in [0.25, 0.3) is 0 Å². The van der Waals surface area contributed by atoms with Crippen molar-refractivity contribution >= 4 is 22.4 Å². The fraction of sp³-hybridized carbons (Fsp3) is 0.542. The zero-order valence-corrected chi connectivity index (χ0v) is 17.8. The first-order chi connectivity index (χ1) is 13.5. The van der Waals surface area contributed by atoms with E-state index < -0.39 is 0 Å². The molecule has 0 saturated heterocycles. The minimum atomic E-state index is -0.0741. The van der Waals surface area contributed by atoms with Gasteiger partial charge in [0.15, 0.2) is 0 Å². The van der Waals surface area contributed by atoms with E-state index in [1.165, 1.54) is 27.6 Å². The fourth-order valence-electron chi connectivity index (χ4n) is 5.06. The number of rotatable bonds is 5. The molecule has 4 rings (SSSR count). The number of amides is 1. The van der Waals surface area contributed by atoms with Crippen molar-refractivity contribution in [2.45, 2.75) is 65.1 Å². The first-order valence-corrected chi connectivity index (χ1v) is 10.8. The molecule has 1 aliphatic carbocycles. The summed E-state index contributed by atoms with van der Waals surface area (Å²) in [6.07, 6.45) is 7.44. The average molecular weight is 380 g/mol. The van der Waals surface area contributed by atoms with Crippen molar-refractivity contribution in [1.29, 1.82) is 0 Å². The van der Waals surface area contributed by atoms with Gasteiger partial charge in [0.1, 0.15) is 0 Å². The topological polar surface area (TPSA) is 39.3 Å². The summed E-state index contributed by atoms with van der Waals surface area (Å²) in [5.74, 6) is 0.212. The Morgan fingerprint density at radius 1 is 1.25 bits per heavy atom. The van der Waals surface area contributed by atoms with E-state index in [1.54, 1.807) is 0 Å². The molecular formula is C24H33N3O. The highest BCUT2D eigenvalue weighted by Crippen LogP contribution is 2.41. The number of aromatic nitrogens is 1. The van der Waals surface area contributed by atoms with Crippen molar-refractivity contribution in [3.63, 3.8) is 0 Å². The lowest BCUT2D eigenvalue weighted by molar-refractivity contribution is -0.139. The quantitative estimate of drug-likeness (QED) is 0.833. The summed E-state index contributed by atoms with van der Waals surface area (Å²) in [7, 11) is 2.17. The Labute approximate surface area is 168 Å². The number of hydrogen-bond donors (Lipinski definition) is 1. The van der Waals surface area contributed by atoms with Crippen molar-refractivity contribution in [3.8, 4) is 0 Å². The average Bonchev–Trinajstić information content (AvgIpc) is 3.12. The second-order valence-corrected chi connectivity index (χ2v) is 8.69. The SMILES string of the molecule is CC[C@@H](C)N(C(=O)[C@@H]1C=C2c3cccc4[nH]cc(c34)C[C@H]2N(C)C1)[C@H](C)CC. The summed E-state index contributed by atoms with van der Waals surface area (Å²) in [5, 5.41) is 1.34. The van der Waals surface area contributed by atoms with Gasteiger partial charge in [-0.3, -0.25) is 9.69 Å².